The molecule has 6 nitrogen and oxygen atoms in total. The molecule has 1 aliphatic carbocycles. The highest BCUT2D eigenvalue weighted by Crippen LogP contribution is 2.40. The Hall–Kier alpha value is -2.89. The number of unbranched alkanes of at least 4 members (excludes halogenated alkanes) is 1. The molecule has 6 heteroatoms. The minimum Gasteiger partial charge on any atom is -0.462 e. The molecule has 0 atom stereocenters. The molecule has 2 aromatic rings. The molecule has 1 aromatic heterocycles. The summed E-state index contributed by atoms with van der Waals surface area (Å²) in [7, 11) is 0. The second-order valence-corrected chi connectivity index (χ2v) is 6.36. The lowest BCUT2D eigenvalue weighted by Crippen LogP contribution is -2.10. The molecule has 1 aromatic carbocycles. The SMILES string of the molecule is CCCCc1c(C(=O)OCC)[nH]c2c1C(=O)c1ccc(C(=O)OCC)cc1-2. The summed E-state index contributed by atoms with van der Waals surface area (Å²) >= 11 is 0. The summed E-state index contributed by atoms with van der Waals surface area (Å²) in [5.41, 5.74) is 3.64. The van der Waals surface area contributed by atoms with E-state index in [9.17, 15) is 14.4 Å². The van der Waals surface area contributed by atoms with Gasteiger partial charge in [0.1, 0.15) is 5.69 Å². The first kappa shape index (κ1) is 18.9. The molecule has 0 saturated carbocycles. The highest BCUT2D eigenvalue weighted by atomic mass is 16.5. The Morgan fingerprint density at radius 3 is 2.37 bits per heavy atom. The van der Waals surface area contributed by atoms with E-state index < -0.39 is 11.9 Å². The molecular formula is C21H23NO5. The number of carbonyl (C=O) groups is 3. The van der Waals surface area contributed by atoms with E-state index in [-0.39, 0.29) is 19.0 Å². The van der Waals surface area contributed by atoms with Crippen molar-refractivity contribution >= 4 is 17.7 Å². The molecule has 1 N–H and O–H groups in total. The van der Waals surface area contributed by atoms with Crippen molar-refractivity contribution in [3.63, 3.8) is 0 Å². The Bertz CT molecular complexity index is 910. The van der Waals surface area contributed by atoms with Gasteiger partial charge in [0.05, 0.1) is 30.0 Å². The Kier molecular flexibility index (Phi) is 5.44. The lowest BCUT2D eigenvalue weighted by Gasteiger charge is -2.07. The Morgan fingerprint density at radius 2 is 1.70 bits per heavy atom. The largest absolute Gasteiger partial charge is 0.462 e. The quantitative estimate of drug-likeness (QED) is 0.638. The Balaban J connectivity index is 2.12. The molecule has 0 spiro atoms. The molecule has 0 aliphatic heterocycles. The number of aromatic nitrogens is 1. The molecule has 0 fully saturated rings. The van der Waals surface area contributed by atoms with Crippen LogP contribution in [0.25, 0.3) is 11.3 Å². The lowest BCUT2D eigenvalue weighted by atomic mass is 10.0. The number of nitrogens with one attached hydrogen (secondary N) is 1. The van der Waals surface area contributed by atoms with Crippen LogP contribution < -0.4 is 0 Å². The summed E-state index contributed by atoms with van der Waals surface area (Å²) in [6.07, 6.45) is 2.41. The number of ether oxygens (including phenoxy) is 2. The van der Waals surface area contributed by atoms with E-state index in [1.165, 1.54) is 0 Å². The zero-order chi connectivity index (χ0) is 19.6. The van der Waals surface area contributed by atoms with Crippen LogP contribution in [0.2, 0.25) is 0 Å². The van der Waals surface area contributed by atoms with Crippen LogP contribution in [0.15, 0.2) is 18.2 Å². The maximum atomic E-state index is 13.0. The van der Waals surface area contributed by atoms with Gasteiger partial charge in [0.25, 0.3) is 0 Å². The van der Waals surface area contributed by atoms with Crippen molar-refractivity contribution in [2.24, 2.45) is 0 Å². The maximum Gasteiger partial charge on any atom is 0.355 e. The van der Waals surface area contributed by atoms with Crippen LogP contribution in [-0.4, -0.2) is 35.9 Å². The first-order valence-electron chi connectivity index (χ1n) is 9.31. The summed E-state index contributed by atoms with van der Waals surface area (Å²) in [5.74, 6) is -1.04. The fraction of sp³-hybridized carbons (Fsp3) is 0.381. The Labute approximate surface area is 157 Å². The van der Waals surface area contributed by atoms with Gasteiger partial charge in [0.2, 0.25) is 0 Å². The third-order valence-corrected chi connectivity index (χ3v) is 4.64. The van der Waals surface area contributed by atoms with E-state index in [0.717, 1.165) is 12.8 Å². The third kappa shape index (κ3) is 3.27. The number of hydrogen-bond acceptors (Lipinski definition) is 5. The molecule has 27 heavy (non-hydrogen) atoms. The monoisotopic (exact) mass is 369 g/mol. The molecule has 1 heterocycles. The maximum absolute atomic E-state index is 13.0. The summed E-state index contributed by atoms with van der Waals surface area (Å²) in [6.45, 7) is 6.07. The molecule has 0 unspecified atom stereocenters. The molecule has 0 saturated heterocycles. The number of fused-ring (bicyclic) bond motifs is 3. The van der Waals surface area contributed by atoms with Gasteiger partial charge >= 0.3 is 11.9 Å². The first-order valence-corrected chi connectivity index (χ1v) is 9.31. The van der Waals surface area contributed by atoms with Crippen LogP contribution in [0, 0.1) is 0 Å². The number of esters is 2. The van der Waals surface area contributed by atoms with Gasteiger partial charge in [-0.05, 0) is 50.5 Å². The van der Waals surface area contributed by atoms with Crippen molar-refractivity contribution < 1.29 is 23.9 Å². The molecule has 142 valence electrons. The van der Waals surface area contributed by atoms with E-state index in [0.29, 0.717) is 45.6 Å². The highest BCUT2D eigenvalue weighted by molar-refractivity contribution is 6.23. The van der Waals surface area contributed by atoms with Crippen LogP contribution in [0.5, 0.6) is 0 Å². The zero-order valence-electron chi connectivity index (χ0n) is 15.8. The topological polar surface area (TPSA) is 85.5 Å². The van der Waals surface area contributed by atoms with E-state index in [1.54, 1.807) is 32.0 Å². The number of carbonyl (C=O) groups excluding carboxylic acids is 3. The number of H-pyrrole nitrogens is 1. The van der Waals surface area contributed by atoms with Crippen molar-refractivity contribution in [2.75, 3.05) is 13.2 Å². The summed E-state index contributed by atoms with van der Waals surface area (Å²) in [4.78, 5) is 40.5. The van der Waals surface area contributed by atoms with Crippen molar-refractivity contribution in [3.05, 3.63) is 46.1 Å². The van der Waals surface area contributed by atoms with Crippen LogP contribution >= 0.6 is 0 Å². The van der Waals surface area contributed by atoms with Crippen LogP contribution in [-0.2, 0) is 15.9 Å². The summed E-state index contributed by atoms with van der Waals surface area (Å²) in [6, 6.07) is 4.88. The summed E-state index contributed by atoms with van der Waals surface area (Å²) in [5, 5.41) is 0. The highest BCUT2D eigenvalue weighted by Gasteiger charge is 2.35. The van der Waals surface area contributed by atoms with E-state index in [4.69, 9.17) is 9.47 Å². The molecule has 0 amide bonds. The average Bonchev–Trinajstić information content (AvgIpc) is 3.16. The van der Waals surface area contributed by atoms with Gasteiger partial charge in [-0.15, -0.1) is 0 Å². The van der Waals surface area contributed by atoms with Gasteiger partial charge in [-0.1, -0.05) is 13.3 Å². The van der Waals surface area contributed by atoms with Gasteiger partial charge in [-0.25, -0.2) is 9.59 Å². The summed E-state index contributed by atoms with van der Waals surface area (Å²) < 4.78 is 10.2. The number of benzene rings is 1. The normalized spacial score (nSPS) is 11.9. The lowest BCUT2D eigenvalue weighted by molar-refractivity contribution is 0.0512. The Morgan fingerprint density at radius 1 is 1.00 bits per heavy atom. The van der Waals surface area contributed by atoms with Crippen LogP contribution in [0.4, 0.5) is 0 Å². The fourth-order valence-corrected chi connectivity index (χ4v) is 3.40. The predicted octanol–water partition coefficient (Wildman–Crippen LogP) is 3.92. The minimum absolute atomic E-state index is 0.131. The van der Waals surface area contributed by atoms with E-state index in [2.05, 4.69) is 11.9 Å². The number of rotatable bonds is 7. The van der Waals surface area contributed by atoms with Crippen molar-refractivity contribution in [3.8, 4) is 11.3 Å². The smallest absolute Gasteiger partial charge is 0.355 e. The van der Waals surface area contributed by atoms with E-state index in [1.807, 2.05) is 0 Å². The van der Waals surface area contributed by atoms with Crippen molar-refractivity contribution in [1.29, 1.82) is 0 Å². The average molecular weight is 369 g/mol. The van der Waals surface area contributed by atoms with Gasteiger partial charge < -0.3 is 14.5 Å². The van der Waals surface area contributed by atoms with E-state index >= 15 is 0 Å². The fourth-order valence-electron chi connectivity index (χ4n) is 3.40. The minimum atomic E-state index is -0.464. The second-order valence-electron chi connectivity index (χ2n) is 6.36. The van der Waals surface area contributed by atoms with Gasteiger partial charge in [-0.3, -0.25) is 4.79 Å². The van der Waals surface area contributed by atoms with Crippen molar-refractivity contribution in [2.45, 2.75) is 40.0 Å². The molecular weight excluding hydrogens is 346 g/mol. The first-order chi connectivity index (χ1) is 13.0. The van der Waals surface area contributed by atoms with Crippen LogP contribution in [0.3, 0.4) is 0 Å². The number of ketones is 1. The molecule has 0 radical (unpaired) electrons. The van der Waals surface area contributed by atoms with Gasteiger partial charge in [0, 0.05) is 11.1 Å². The second kappa shape index (κ2) is 7.78. The standard InChI is InChI=1S/C21H23NO5/c1-4-7-8-14-16-17(22-18(14)21(25)27-6-3)15-11-12(20(24)26-5-2)9-10-13(15)19(16)23/h9-11,22H,4-8H2,1-3H3. The third-order valence-electron chi connectivity index (χ3n) is 4.64. The zero-order valence-corrected chi connectivity index (χ0v) is 15.8. The molecule has 3 rings (SSSR count). The van der Waals surface area contributed by atoms with Gasteiger partial charge in [-0.2, -0.15) is 0 Å². The molecule has 0 bridgehead atoms. The number of hydrogen-bond donors (Lipinski definition) is 1. The number of aromatic amines is 1. The van der Waals surface area contributed by atoms with Gasteiger partial charge in [0.15, 0.2) is 5.78 Å². The predicted molar refractivity (Wildman–Crippen MR) is 100 cm³/mol. The van der Waals surface area contributed by atoms with Crippen molar-refractivity contribution in [1.82, 2.24) is 4.98 Å². The van der Waals surface area contributed by atoms with Crippen LogP contribution in [0.1, 0.15) is 75.9 Å². The molecule has 1 aliphatic rings.